The van der Waals surface area contributed by atoms with Crippen LogP contribution in [0.3, 0.4) is 0 Å². The van der Waals surface area contributed by atoms with Crippen molar-refractivity contribution in [3.63, 3.8) is 0 Å². The molecule has 92 valence electrons. The summed E-state index contributed by atoms with van der Waals surface area (Å²) in [6, 6.07) is 7.77. The second-order valence-corrected chi connectivity index (χ2v) is 5.11. The summed E-state index contributed by atoms with van der Waals surface area (Å²) in [5, 5.41) is 9.01. The van der Waals surface area contributed by atoms with Gasteiger partial charge in [-0.25, -0.2) is 0 Å². The van der Waals surface area contributed by atoms with Crippen LogP contribution in [-0.4, -0.2) is 31.1 Å². The lowest BCUT2D eigenvalue weighted by atomic mass is 10.1. The van der Waals surface area contributed by atoms with Gasteiger partial charge in [-0.05, 0) is 52.6 Å². The van der Waals surface area contributed by atoms with Crippen molar-refractivity contribution in [1.29, 1.82) is 5.26 Å². The van der Waals surface area contributed by atoms with Gasteiger partial charge in [0.05, 0.1) is 5.56 Å². The van der Waals surface area contributed by atoms with E-state index in [2.05, 4.69) is 24.8 Å². The molecule has 0 radical (unpaired) electrons. The Balaban J connectivity index is 2.83. The van der Waals surface area contributed by atoms with Gasteiger partial charge in [0, 0.05) is 5.54 Å². The molecule has 1 aromatic rings. The second kappa shape index (κ2) is 5.20. The fraction of sp³-hybridized carbons (Fsp3) is 0.500. The maximum absolute atomic E-state index is 9.01. The zero-order valence-corrected chi connectivity index (χ0v) is 11.2. The zero-order valence-electron chi connectivity index (χ0n) is 11.2. The number of aryl methyl sites for hydroxylation is 1. The van der Waals surface area contributed by atoms with E-state index >= 15 is 0 Å². The quantitative estimate of drug-likeness (QED) is 0.800. The Labute approximate surface area is 104 Å². The summed E-state index contributed by atoms with van der Waals surface area (Å²) in [7, 11) is 4.04. The third-order valence-electron chi connectivity index (χ3n) is 3.05. The van der Waals surface area contributed by atoms with Gasteiger partial charge in [-0.15, -0.1) is 0 Å². The highest BCUT2D eigenvalue weighted by Crippen LogP contribution is 2.21. The molecule has 17 heavy (non-hydrogen) atoms. The van der Waals surface area contributed by atoms with Crippen molar-refractivity contribution in [2.45, 2.75) is 26.3 Å². The van der Waals surface area contributed by atoms with Gasteiger partial charge in [0.25, 0.3) is 0 Å². The SMILES string of the molecule is Cc1ccc(C#N)c(OCC(C)(C)N(C)C)c1. The molecule has 0 saturated carbocycles. The summed E-state index contributed by atoms with van der Waals surface area (Å²) in [5.41, 5.74) is 1.63. The molecule has 0 N–H and O–H groups in total. The zero-order chi connectivity index (χ0) is 13.1. The predicted octanol–water partition coefficient (Wildman–Crippen LogP) is 2.59. The first kappa shape index (κ1) is 13.5. The number of ether oxygens (including phenoxy) is 1. The smallest absolute Gasteiger partial charge is 0.137 e. The van der Waals surface area contributed by atoms with Crippen molar-refractivity contribution in [3.8, 4) is 11.8 Å². The van der Waals surface area contributed by atoms with Crippen molar-refractivity contribution in [2.24, 2.45) is 0 Å². The molecule has 0 spiro atoms. The minimum Gasteiger partial charge on any atom is -0.490 e. The number of nitriles is 1. The molecule has 0 aliphatic heterocycles. The van der Waals surface area contributed by atoms with Crippen LogP contribution in [0.2, 0.25) is 0 Å². The van der Waals surface area contributed by atoms with E-state index in [4.69, 9.17) is 10.00 Å². The van der Waals surface area contributed by atoms with Crippen LogP contribution in [0.1, 0.15) is 25.0 Å². The van der Waals surface area contributed by atoms with Crippen LogP contribution in [0.4, 0.5) is 0 Å². The molecule has 0 atom stereocenters. The fourth-order valence-corrected chi connectivity index (χ4v) is 1.22. The Morgan fingerprint density at radius 2 is 2.00 bits per heavy atom. The van der Waals surface area contributed by atoms with Gasteiger partial charge in [-0.2, -0.15) is 5.26 Å². The lowest BCUT2D eigenvalue weighted by molar-refractivity contribution is 0.114. The maximum Gasteiger partial charge on any atom is 0.137 e. The molecule has 3 heteroatoms. The van der Waals surface area contributed by atoms with E-state index in [1.165, 1.54) is 0 Å². The summed E-state index contributed by atoms with van der Waals surface area (Å²) in [4.78, 5) is 2.11. The monoisotopic (exact) mass is 232 g/mol. The Kier molecular flexibility index (Phi) is 4.14. The standard InChI is InChI=1S/C14H20N2O/c1-11-6-7-12(9-15)13(8-11)17-10-14(2,3)16(4)5/h6-8H,10H2,1-5H3. The predicted molar refractivity (Wildman–Crippen MR) is 69.2 cm³/mol. The first-order valence-corrected chi connectivity index (χ1v) is 5.68. The molecular weight excluding hydrogens is 212 g/mol. The van der Waals surface area contributed by atoms with Crippen LogP contribution in [0.15, 0.2) is 18.2 Å². The third-order valence-corrected chi connectivity index (χ3v) is 3.05. The Morgan fingerprint density at radius 3 is 2.53 bits per heavy atom. The van der Waals surface area contributed by atoms with E-state index < -0.39 is 0 Å². The molecule has 1 rings (SSSR count). The maximum atomic E-state index is 9.01. The summed E-state index contributed by atoms with van der Waals surface area (Å²) in [6.07, 6.45) is 0. The van der Waals surface area contributed by atoms with E-state index in [0.717, 1.165) is 5.56 Å². The first-order chi connectivity index (χ1) is 7.86. The highest BCUT2D eigenvalue weighted by Gasteiger charge is 2.21. The molecule has 0 aliphatic rings. The molecule has 0 fully saturated rings. The fourth-order valence-electron chi connectivity index (χ4n) is 1.22. The number of nitrogens with zero attached hydrogens (tertiary/aromatic N) is 2. The van der Waals surface area contributed by atoms with Crippen molar-refractivity contribution in [1.82, 2.24) is 4.90 Å². The van der Waals surface area contributed by atoms with Gasteiger partial charge in [-0.1, -0.05) is 6.07 Å². The van der Waals surface area contributed by atoms with E-state index in [1.807, 2.05) is 33.2 Å². The Morgan fingerprint density at radius 1 is 1.35 bits per heavy atom. The molecule has 0 unspecified atom stereocenters. The summed E-state index contributed by atoms with van der Waals surface area (Å²) in [5.74, 6) is 0.669. The normalized spacial score (nSPS) is 11.4. The van der Waals surface area contributed by atoms with Crippen LogP contribution < -0.4 is 4.74 Å². The highest BCUT2D eigenvalue weighted by molar-refractivity contribution is 5.45. The van der Waals surface area contributed by atoms with Crippen molar-refractivity contribution < 1.29 is 4.74 Å². The van der Waals surface area contributed by atoms with Gasteiger partial charge >= 0.3 is 0 Å². The first-order valence-electron chi connectivity index (χ1n) is 5.68. The van der Waals surface area contributed by atoms with Crippen LogP contribution in [0.5, 0.6) is 5.75 Å². The largest absolute Gasteiger partial charge is 0.490 e. The summed E-state index contributed by atoms with van der Waals surface area (Å²) < 4.78 is 5.77. The molecule has 0 amide bonds. The van der Waals surface area contributed by atoms with Crippen LogP contribution >= 0.6 is 0 Å². The van der Waals surface area contributed by atoms with Crippen LogP contribution in [0.25, 0.3) is 0 Å². The third kappa shape index (κ3) is 3.47. The summed E-state index contributed by atoms with van der Waals surface area (Å²) >= 11 is 0. The number of benzene rings is 1. The molecule has 1 aromatic carbocycles. The number of rotatable bonds is 4. The van der Waals surface area contributed by atoms with Gasteiger partial charge < -0.3 is 9.64 Å². The van der Waals surface area contributed by atoms with Crippen LogP contribution in [0, 0.1) is 18.3 Å². The minimum atomic E-state index is -0.0591. The molecule has 0 saturated heterocycles. The molecule has 3 nitrogen and oxygen atoms in total. The number of hydrogen-bond donors (Lipinski definition) is 0. The van der Waals surface area contributed by atoms with Gasteiger partial charge in [0.15, 0.2) is 0 Å². The van der Waals surface area contributed by atoms with Gasteiger partial charge in [0.2, 0.25) is 0 Å². The van der Waals surface area contributed by atoms with E-state index in [9.17, 15) is 0 Å². The van der Waals surface area contributed by atoms with Crippen molar-refractivity contribution in [2.75, 3.05) is 20.7 Å². The number of likely N-dealkylation sites (N-methyl/N-ethyl adjacent to an activating group) is 1. The van der Waals surface area contributed by atoms with E-state index in [-0.39, 0.29) is 5.54 Å². The molecule has 0 heterocycles. The lowest BCUT2D eigenvalue weighted by Crippen LogP contribution is -2.43. The molecule has 0 aromatic heterocycles. The van der Waals surface area contributed by atoms with Crippen LogP contribution in [-0.2, 0) is 0 Å². The molecule has 0 aliphatic carbocycles. The van der Waals surface area contributed by atoms with Gasteiger partial charge in [0.1, 0.15) is 18.4 Å². The topological polar surface area (TPSA) is 36.3 Å². The average Bonchev–Trinajstić information content (AvgIpc) is 2.26. The Hall–Kier alpha value is -1.53. The highest BCUT2D eigenvalue weighted by atomic mass is 16.5. The average molecular weight is 232 g/mol. The van der Waals surface area contributed by atoms with E-state index in [0.29, 0.717) is 17.9 Å². The second-order valence-electron chi connectivity index (χ2n) is 5.11. The van der Waals surface area contributed by atoms with Crippen molar-refractivity contribution in [3.05, 3.63) is 29.3 Å². The summed E-state index contributed by atoms with van der Waals surface area (Å²) in [6.45, 7) is 6.76. The van der Waals surface area contributed by atoms with Crippen molar-refractivity contribution >= 4 is 0 Å². The minimum absolute atomic E-state index is 0.0591. The lowest BCUT2D eigenvalue weighted by Gasteiger charge is -2.32. The molecular formula is C14H20N2O. The molecule has 0 bridgehead atoms. The van der Waals surface area contributed by atoms with Gasteiger partial charge in [-0.3, -0.25) is 0 Å². The Bertz CT molecular complexity index is 430. The van der Waals surface area contributed by atoms with E-state index in [1.54, 1.807) is 6.07 Å². The number of hydrogen-bond acceptors (Lipinski definition) is 3.